The zero-order valence-corrected chi connectivity index (χ0v) is 17.1. The van der Waals surface area contributed by atoms with Gasteiger partial charge in [-0.2, -0.15) is 0 Å². The Bertz CT molecular complexity index is 1260. The molecule has 2 aromatic carbocycles. The normalized spacial score (nSPS) is 10.9. The third kappa shape index (κ3) is 4.20. The van der Waals surface area contributed by atoms with Gasteiger partial charge in [-0.15, -0.1) is 0 Å². The number of esters is 1. The number of nitrogens with zero attached hydrogens (tertiary/aromatic N) is 3. The topological polar surface area (TPSA) is 98.6 Å². The summed E-state index contributed by atoms with van der Waals surface area (Å²) in [5.74, 6) is 1.27. The molecule has 152 valence electrons. The van der Waals surface area contributed by atoms with Crippen LogP contribution in [0.2, 0.25) is 0 Å². The number of ether oxygens (including phenoxy) is 2. The Kier molecular flexibility index (Phi) is 5.53. The zero-order chi connectivity index (χ0) is 21.1. The lowest BCUT2D eigenvalue weighted by Gasteiger charge is -2.09. The first-order chi connectivity index (χ1) is 14.5. The second-order valence-electron chi connectivity index (χ2n) is 6.40. The van der Waals surface area contributed by atoms with E-state index in [2.05, 4.69) is 15.1 Å². The Morgan fingerprint density at radius 3 is 2.63 bits per heavy atom. The van der Waals surface area contributed by atoms with E-state index in [4.69, 9.17) is 9.47 Å². The van der Waals surface area contributed by atoms with Gasteiger partial charge in [-0.05, 0) is 42.8 Å². The van der Waals surface area contributed by atoms with Crippen molar-refractivity contribution in [2.75, 3.05) is 12.9 Å². The summed E-state index contributed by atoms with van der Waals surface area (Å²) in [5.41, 5.74) is 1.74. The number of para-hydroxylation sites is 1. The quantitative estimate of drug-likeness (QED) is 0.290. The summed E-state index contributed by atoms with van der Waals surface area (Å²) >= 11 is 1.16. The summed E-state index contributed by atoms with van der Waals surface area (Å²) in [6.07, 6.45) is 0. The molecule has 0 saturated carbocycles. The molecule has 30 heavy (non-hydrogen) atoms. The Morgan fingerprint density at radius 2 is 1.90 bits per heavy atom. The zero-order valence-electron chi connectivity index (χ0n) is 16.3. The van der Waals surface area contributed by atoms with E-state index < -0.39 is 5.97 Å². The monoisotopic (exact) mass is 422 g/mol. The van der Waals surface area contributed by atoms with Crippen LogP contribution in [0.25, 0.3) is 17.0 Å². The molecule has 0 aliphatic heterocycles. The number of benzene rings is 2. The van der Waals surface area contributed by atoms with Crippen LogP contribution >= 0.6 is 11.8 Å². The molecule has 0 aliphatic carbocycles. The molecule has 8 nitrogen and oxygen atoms in total. The smallest absolute Gasteiger partial charge is 0.321 e. The lowest BCUT2D eigenvalue weighted by atomic mass is 10.2. The molecule has 0 fully saturated rings. The first kappa shape index (κ1) is 19.7. The molecule has 2 heterocycles. The van der Waals surface area contributed by atoms with Gasteiger partial charge in [0.15, 0.2) is 16.6 Å². The van der Waals surface area contributed by atoms with Crippen LogP contribution in [0.15, 0.2) is 64.5 Å². The van der Waals surface area contributed by atoms with Crippen molar-refractivity contribution in [3.05, 3.63) is 70.5 Å². The van der Waals surface area contributed by atoms with Gasteiger partial charge < -0.3 is 9.47 Å². The van der Waals surface area contributed by atoms with E-state index in [0.717, 1.165) is 22.9 Å². The molecule has 4 aromatic rings. The standard InChI is InChI=1S/C21H18N4O4S/c1-13-5-3-4-6-16(13)29-19(27)12-30-21-23-20(14-7-9-15(28-2)10-8-14)22-17-11-18(26)24-25(17)21/h3-11H,12H2,1-2H3,(H,24,26). The molecule has 0 bridgehead atoms. The molecule has 0 amide bonds. The van der Waals surface area contributed by atoms with Crippen LogP contribution in [-0.4, -0.2) is 38.4 Å². The van der Waals surface area contributed by atoms with Gasteiger partial charge in [0.05, 0.1) is 12.9 Å². The molecule has 0 unspecified atom stereocenters. The second-order valence-corrected chi connectivity index (χ2v) is 7.34. The van der Waals surface area contributed by atoms with Gasteiger partial charge >= 0.3 is 5.97 Å². The number of thioether (sulfide) groups is 1. The molecule has 0 saturated heterocycles. The summed E-state index contributed by atoms with van der Waals surface area (Å²) in [7, 11) is 1.59. The van der Waals surface area contributed by atoms with Crippen molar-refractivity contribution in [1.82, 2.24) is 19.6 Å². The number of carbonyl (C=O) groups is 1. The fraction of sp³-hybridized carbons (Fsp3) is 0.143. The van der Waals surface area contributed by atoms with Gasteiger partial charge in [-0.3, -0.25) is 14.7 Å². The van der Waals surface area contributed by atoms with E-state index in [1.165, 1.54) is 10.6 Å². The van der Waals surface area contributed by atoms with Crippen molar-refractivity contribution in [3.8, 4) is 22.9 Å². The van der Waals surface area contributed by atoms with Gasteiger partial charge in [0.25, 0.3) is 5.56 Å². The fourth-order valence-electron chi connectivity index (χ4n) is 2.80. The van der Waals surface area contributed by atoms with E-state index in [-0.39, 0.29) is 11.3 Å². The van der Waals surface area contributed by atoms with Crippen molar-refractivity contribution in [3.63, 3.8) is 0 Å². The van der Waals surface area contributed by atoms with Crippen LogP contribution < -0.4 is 15.0 Å². The van der Waals surface area contributed by atoms with Gasteiger partial charge in [-0.1, -0.05) is 30.0 Å². The average Bonchev–Trinajstić information content (AvgIpc) is 3.14. The van der Waals surface area contributed by atoms with Crippen LogP contribution in [0.5, 0.6) is 11.5 Å². The van der Waals surface area contributed by atoms with Crippen LogP contribution in [0.1, 0.15) is 5.56 Å². The maximum absolute atomic E-state index is 12.3. The number of hydrogen-bond acceptors (Lipinski definition) is 7. The Morgan fingerprint density at radius 1 is 1.13 bits per heavy atom. The molecule has 2 aromatic heterocycles. The molecule has 0 atom stereocenters. The first-order valence-corrected chi connectivity index (χ1v) is 10.1. The number of H-pyrrole nitrogens is 1. The van der Waals surface area contributed by atoms with E-state index in [1.54, 1.807) is 25.3 Å². The van der Waals surface area contributed by atoms with Crippen molar-refractivity contribution in [2.24, 2.45) is 0 Å². The number of aromatic amines is 1. The minimum absolute atomic E-state index is 0.0166. The summed E-state index contributed by atoms with van der Waals surface area (Å²) < 4.78 is 12.1. The fourth-order valence-corrected chi connectivity index (χ4v) is 3.52. The van der Waals surface area contributed by atoms with E-state index >= 15 is 0 Å². The maximum atomic E-state index is 12.3. The number of fused-ring (bicyclic) bond motifs is 1. The maximum Gasteiger partial charge on any atom is 0.321 e. The van der Waals surface area contributed by atoms with Crippen molar-refractivity contribution >= 4 is 23.4 Å². The molecule has 0 radical (unpaired) electrons. The highest BCUT2D eigenvalue weighted by Crippen LogP contribution is 2.24. The number of rotatable bonds is 6. The number of hydrogen-bond donors (Lipinski definition) is 1. The SMILES string of the molecule is COc1ccc(-c2nc(SCC(=O)Oc3ccccc3C)n3[nH]c(=O)cc3n2)cc1. The summed E-state index contributed by atoms with van der Waals surface area (Å²) in [6, 6.07) is 15.9. The lowest BCUT2D eigenvalue weighted by Crippen LogP contribution is -2.13. The Hall–Kier alpha value is -3.59. The highest BCUT2D eigenvalue weighted by Gasteiger charge is 2.14. The highest BCUT2D eigenvalue weighted by atomic mass is 32.2. The van der Waals surface area contributed by atoms with Crippen molar-refractivity contribution in [2.45, 2.75) is 12.1 Å². The van der Waals surface area contributed by atoms with Gasteiger partial charge in [0.2, 0.25) is 0 Å². The van der Waals surface area contributed by atoms with Crippen molar-refractivity contribution < 1.29 is 14.3 Å². The van der Waals surface area contributed by atoms with E-state index in [9.17, 15) is 9.59 Å². The van der Waals surface area contributed by atoms with Crippen LogP contribution in [-0.2, 0) is 4.79 Å². The van der Waals surface area contributed by atoms with Crippen LogP contribution in [0.3, 0.4) is 0 Å². The molecule has 4 rings (SSSR count). The molecular formula is C21H18N4O4S. The van der Waals surface area contributed by atoms with Crippen LogP contribution in [0.4, 0.5) is 0 Å². The Balaban J connectivity index is 1.60. The number of carbonyl (C=O) groups excluding carboxylic acids is 1. The second kappa shape index (κ2) is 8.42. The Labute approximate surface area is 175 Å². The van der Waals surface area contributed by atoms with Crippen molar-refractivity contribution in [1.29, 1.82) is 0 Å². The molecule has 0 aliphatic rings. The summed E-state index contributed by atoms with van der Waals surface area (Å²) in [5, 5.41) is 3.08. The summed E-state index contributed by atoms with van der Waals surface area (Å²) in [6.45, 7) is 1.87. The number of aryl methyl sites for hydroxylation is 1. The number of nitrogens with one attached hydrogen (secondary N) is 1. The van der Waals surface area contributed by atoms with Crippen LogP contribution in [0, 0.1) is 6.92 Å². The third-order valence-corrected chi connectivity index (χ3v) is 5.22. The van der Waals surface area contributed by atoms with E-state index in [0.29, 0.717) is 28.1 Å². The van der Waals surface area contributed by atoms with Gasteiger partial charge in [0, 0.05) is 11.6 Å². The molecule has 9 heteroatoms. The highest BCUT2D eigenvalue weighted by molar-refractivity contribution is 7.99. The predicted molar refractivity (Wildman–Crippen MR) is 113 cm³/mol. The number of aromatic nitrogens is 4. The largest absolute Gasteiger partial charge is 0.497 e. The first-order valence-electron chi connectivity index (χ1n) is 9.07. The third-order valence-electron chi connectivity index (χ3n) is 4.31. The molecule has 0 spiro atoms. The van der Waals surface area contributed by atoms with Gasteiger partial charge in [-0.25, -0.2) is 14.5 Å². The average molecular weight is 422 g/mol. The lowest BCUT2D eigenvalue weighted by molar-refractivity contribution is -0.131. The predicted octanol–water partition coefficient (Wildman–Crippen LogP) is 3.10. The minimum atomic E-state index is -0.415. The molecule has 1 N–H and O–H groups in total. The van der Waals surface area contributed by atoms with E-state index in [1.807, 2.05) is 37.3 Å². The van der Waals surface area contributed by atoms with Gasteiger partial charge in [0.1, 0.15) is 11.5 Å². The molecular weight excluding hydrogens is 404 g/mol. The summed E-state index contributed by atoms with van der Waals surface area (Å²) in [4.78, 5) is 33.1. The number of methoxy groups -OCH3 is 1. The minimum Gasteiger partial charge on any atom is -0.497 e.